The van der Waals surface area contributed by atoms with Gasteiger partial charge in [0.15, 0.2) is 5.60 Å². The van der Waals surface area contributed by atoms with E-state index in [1.165, 1.54) is 18.2 Å². The Hall–Kier alpha value is -3.46. The number of ketones is 1. The van der Waals surface area contributed by atoms with Crippen LogP contribution in [0.3, 0.4) is 0 Å². The third kappa shape index (κ3) is 5.50. The minimum absolute atomic E-state index is 0.0574. The molecule has 1 saturated heterocycles. The topological polar surface area (TPSA) is 185 Å². The Morgan fingerprint density at radius 2 is 1.92 bits per heavy atom. The molecule has 2 aliphatic rings. The summed E-state index contributed by atoms with van der Waals surface area (Å²) in [4.78, 5) is 31.0. The second kappa shape index (κ2) is 11.3. The Balaban J connectivity index is 1.63. The number of aliphatic hydroxyl groups is 5. The number of hydrogen-bond acceptors (Lipinski definition) is 11. The zero-order chi connectivity index (χ0) is 28.4. The van der Waals surface area contributed by atoms with Crippen LogP contribution in [0, 0.1) is 0 Å². The zero-order valence-electron chi connectivity index (χ0n) is 20.9. The summed E-state index contributed by atoms with van der Waals surface area (Å²) in [6.07, 6.45) is -5.46. The van der Waals surface area contributed by atoms with Crippen LogP contribution < -0.4 is 15.5 Å². The molecule has 1 amide bonds. The molecule has 0 unspecified atom stereocenters. The fourth-order valence-electron chi connectivity index (χ4n) is 4.77. The number of pyridine rings is 1. The van der Waals surface area contributed by atoms with Gasteiger partial charge in [-0.05, 0) is 42.5 Å². The van der Waals surface area contributed by atoms with Gasteiger partial charge in [0.2, 0.25) is 17.5 Å². The number of anilines is 3. The third-order valence-electron chi connectivity index (χ3n) is 6.95. The number of amides is 1. The van der Waals surface area contributed by atoms with E-state index in [1.54, 1.807) is 12.1 Å². The lowest BCUT2D eigenvalue weighted by atomic mass is 9.70. The first-order chi connectivity index (χ1) is 18.5. The number of carbonyl (C=O) groups is 2. The average molecular weight is 547 g/mol. The number of hydrogen-bond donors (Lipinski definition) is 7. The Morgan fingerprint density at radius 1 is 1.21 bits per heavy atom. The molecule has 0 spiro atoms. The Labute approximate surface area is 223 Å². The van der Waals surface area contributed by atoms with Crippen LogP contribution in [0.15, 0.2) is 55.3 Å². The van der Waals surface area contributed by atoms with Gasteiger partial charge in [0.05, 0.1) is 25.4 Å². The lowest BCUT2D eigenvalue weighted by Gasteiger charge is -2.50. The van der Waals surface area contributed by atoms with Gasteiger partial charge in [-0.3, -0.25) is 14.6 Å². The number of benzene rings is 1. The van der Waals surface area contributed by atoms with Crippen molar-refractivity contribution in [3.63, 3.8) is 0 Å². The van der Waals surface area contributed by atoms with Gasteiger partial charge in [-0.1, -0.05) is 6.58 Å². The number of aliphatic hydroxyl groups excluding tert-OH is 4. The fraction of sp³-hybridized carbons (Fsp3) is 0.423. The number of morpholine rings is 1. The number of ether oxygens (including phenoxy) is 1. The lowest BCUT2D eigenvalue weighted by molar-refractivity contribution is -0.215. The molecule has 39 heavy (non-hydrogen) atoms. The molecule has 0 bridgehead atoms. The SMILES string of the molecule is C=CC(=O)Nc1ccnc(C(=O)[C@]2(O)C[C@@H](O)[C@@H](O)[C@@H](O)[C@]2(F)Nc2ccc(N3CCO[C@@H](CO)C3)cc2)c1. The summed E-state index contributed by atoms with van der Waals surface area (Å²) in [6.45, 7) is 4.60. The molecule has 12 nitrogen and oxygen atoms in total. The van der Waals surface area contributed by atoms with Crippen molar-refractivity contribution in [2.75, 3.05) is 41.8 Å². The number of Topliss-reactive ketones (excluding diaryl/α,β-unsaturated/α-hetero) is 1. The number of halogens is 1. The van der Waals surface area contributed by atoms with E-state index in [9.17, 15) is 35.1 Å². The summed E-state index contributed by atoms with van der Waals surface area (Å²) in [5.74, 6) is -5.25. The van der Waals surface area contributed by atoms with Crippen molar-refractivity contribution in [2.24, 2.45) is 0 Å². The molecule has 2 heterocycles. The van der Waals surface area contributed by atoms with Gasteiger partial charge in [0.25, 0.3) is 0 Å². The highest BCUT2D eigenvalue weighted by molar-refractivity contribution is 6.04. The van der Waals surface area contributed by atoms with Crippen LogP contribution in [0.2, 0.25) is 0 Å². The van der Waals surface area contributed by atoms with Crippen molar-refractivity contribution < 1.29 is 44.2 Å². The summed E-state index contributed by atoms with van der Waals surface area (Å²) in [6, 6.07) is 8.65. The van der Waals surface area contributed by atoms with Crippen LogP contribution in [0.1, 0.15) is 16.9 Å². The molecule has 1 aliphatic heterocycles. The molecule has 1 aromatic heterocycles. The van der Waals surface area contributed by atoms with Crippen LogP contribution in [0.4, 0.5) is 21.5 Å². The van der Waals surface area contributed by atoms with Crippen molar-refractivity contribution in [2.45, 2.75) is 42.2 Å². The maximum absolute atomic E-state index is 16.7. The Morgan fingerprint density at radius 3 is 2.59 bits per heavy atom. The molecule has 0 radical (unpaired) electrons. The Bertz CT molecular complexity index is 1220. The van der Waals surface area contributed by atoms with E-state index in [2.05, 4.69) is 22.2 Å². The summed E-state index contributed by atoms with van der Waals surface area (Å²) >= 11 is 0. The quantitative estimate of drug-likeness (QED) is 0.130. The summed E-state index contributed by atoms with van der Waals surface area (Å²) in [5, 5.41) is 56.8. The van der Waals surface area contributed by atoms with E-state index >= 15 is 4.39 Å². The van der Waals surface area contributed by atoms with Gasteiger partial charge in [-0.2, -0.15) is 0 Å². The minimum atomic E-state index is -3.37. The molecule has 6 atom stereocenters. The number of alkyl halides is 1. The van der Waals surface area contributed by atoms with E-state index in [-0.39, 0.29) is 24.1 Å². The third-order valence-corrected chi connectivity index (χ3v) is 6.95. The van der Waals surface area contributed by atoms with E-state index in [1.807, 2.05) is 4.90 Å². The van der Waals surface area contributed by atoms with Crippen LogP contribution in [-0.2, 0) is 9.53 Å². The number of aromatic nitrogens is 1. The summed E-state index contributed by atoms with van der Waals surface area (Å²) in [5.41, 5.74) is -2.64. The fourth-order valence-corrected chi connectivity index (χ4v) is 4.77. The molecular formula is C26H31FN4O8. The molecule has 1 aliphatic carbocycles. The van der Waals surface area contributed by atoms with Gasteiger partial charge in [-0.25, -0.2) is 4.39 Å². The molecule has 7 N–H and O–H groups in total. The van der Waals surface area contributed by atoms with Crippen molar-refractivity contribution in [3.05, 3.63) is 60.9 Å². The van der Waals surface area contributed by atoms with Gasteiger partial charge in [0, 0.05) is 42.8 Å². The molecular weight excluding hydrogens is 515 g/mol. The first kappa shape index (κ1) is 28.5. The van der Waals surface area contributed by atoms with E-state index in [0.29, 0.717) is 19.7 Å². The number of nitrogens with zero attached hydrogens (tertiary/aromatic N) is 2. The molecule has 1 saturated carbocycles. The smallest absolute Gasteiger partial charge is 0.247 e. The molecule has 2 fully saturated rings. The number of nitrogens with one attached hydrogen (secondary N) is 2. The second-order valence-electron chi connectivity index (χ2n) is 9.52. The molecule has 4 rings (SSSR count). The van der Waals surface area contributed by atoms with Crippen molar-refractivity contribution in [3.8, 4) is 0 Å². The van der Waals surface area contributed by atoms with E-state index in [4.69, 9.17) is 4.74 Å². The van der Waals surface area contributed by atoms with Crippen molar-refractivity contribution >= 4 is 28.8 Å². The van der Waals surface area contributed by atoms with Gasteiger partial charge in [0.1, 0.15) is 17.9 Å². The van der Waals surface area contributed by atoms with Crippen LogP contribution in [0.5, 0.6) is 0 Å². The molecule has 210 valence electrons. The van der Waals surface area contributed by atoms with Gasteiger partial charge in [-0.15, -0.1) is 0 Å². The molecule has 13 heteroatoms. The van der Waals surface area contributed by atoms with E-state index < -0.39 is 53.5 Å². The maximum atomic E-state index is 16.7. The van der Waals surface area contributed by atoms with Crippen LogP contribution >= 0.6 is 0 Å². The van der Waals surface area contributed by atoms with Gasteiger partial charge < -0.3 is 45.8 Å². The van der Waals surface area contributed by atoms with Gasteiger partial charge >= 0.3 is 0 Å². The predicted octanol–water partition coefficient (Wildman–Crippen LogP) is -0.418. The largest absolute Gasteiger partial charge is 0.394 e. The highest BCUT2D eigenvalue weighted by Crippen LogP contribution is 2.43. The minimum Gasteiger partial charge on any atom is -0.394 e. The lowest BCUT2D eigenvalue weighted by Crippen LogP contribution is -2.74. The van der Waals surface area contributed by atoms with Crippen LogP contribution in [0.25, 0.3) is 0 Å². The second-order valence-corrected chi connectivity index (χ2v) is 9.52. The highest BCUT2D eigenvalue weighted by atomic mass is 19.1. The zero-order valence-corrected chi connectivity index (χ0v) is 20.9. The first-order valence-corrected chi connectivity index (χ1v) is 12.3. The average Bonchev–Trinajstić information content (AvgIpc) is 2.95. The number of rotatable bonds is 8. The molecule has 1 aromatic carbocycles. The van der Waals surface area contributed by atoms with Crippen molar-refractivity contribution in [1.29, 1.82) is 0 Å². The highest BCUT2D eigenvalue weighted by Gasteiger charge is 2.67. The van der Waals surface area contributed by atoms with Crippen molar-refractivity contribution in [1.82, 2.24) is 4.98 Å². The standard InChI is InChI=1S/C26H31FN4O8/c1-2-21(34)29-16-7-8-28-19(11-16)23(36)25(38)12-20(33)22(35)24(37)26(25,27)30-15-3-5-17(6-4-15)31-9-10-39-18(13-31)14-32/h2-8,11,18,20,22,24,30,32-33,35,37-38H,1,9-10,12-14H2,(H,28,29,34)/t18-,20-,22-,24-,25-,26+/m1/s1. The predicted molar refractivity (Wildman–Crippen MR) is 138 cm³/mol. The van der Waals surface area contributed by atoms with Crippen LogP contribution in [-0.4, -0.2) is 104 Å². The van der Waals surface area contributed by atoms with E-state index in [0.717, 1.165) is 24.0 Å². The number of carbonyl (C=O) groups excluding carboxylic acids is 2. The maximum Gasteiger partial charge on any atom is 0.247 e. The monoisotopic (exact) mass is 546 g/mol. The molecule has 2 aromatic rings. The summed E-state index contributed by atoms with van der Waals surface area (Å²) < 4.78 is 22.2. The Kier molecular flexibility index (Phi) is 8.30. The normalized spacial score (nSPS) is 30.9. The first-order valence-electron chi connectivity index (χ1n) is 12.3. The summed E-state index contributed by atoms with van der Waals surface area (Å²) in [7, 11) is 0.